The van der Waals surface area contributed by atoms with E-state index in [1.165, 1.54) is 23.0 Å². The molecule has 0 unspecified atom stereocenters. The lowest BCUT2D eigenvalue weighted by molar-refractivity contribution is -0.140. The summed E-state index contributed by atoms with van der Waals surface area (Å²) in [7, 11) is 1.51. The van der Waals surface area contributed by atoms with Gasteiger partial charge in [-0.2, -0.15) is 0 Å². The van der Waals surface area contributed by atoms with Crippen molar-refractivity contribution in [3.05, 3.63) is 70.2 Å². The third-order valence-electron chi connectivity index (χ3n) is 7.82. The summed E-state index contributed by atoms with van der Waals surface area (Å²) >= 11 is 12.2. The fourth-order valence-electron chi connectivity index (χ4n) is 6.19. The van der Waals surface area contributed by atoms with Gasteiger partial charge in [-0.05, 0) is 60.4 Å². The molecule has 2 saturated carbocycles. The molecule has 0 spiro atoms. The number of likely N-dealkylation sites (tertiary alicyclic amines) is 1. The normalized spacial score (nSPS) is 30.3. The van der Waals surface area contributed by atoms with Gasteiger partial charge >= 0.3 is 0 Å². The van der Waals surface area contributed by atoms with Crippen molar-refractivity contribution in [1.29, 1.82) is 0 Å². The second-order valence-electron chi connectivity index (χ2n) is 9.43. The minimum Gasteiger partial charge on any atom is -0.495 e. The minimum absolute atomic E-state index is 0.118. The monoisotopic (exact) mass is 496 g/mol. The van der Waals surface area contributed by atoms with Crippen LogP contribution in [0.25, 0.3) is 0 Å². The standard InChI is InChI=1S/C26H22Cl2N2O4/c1-34-21-5-3-2-4-20(21)29(24(31)13-6-9-18(27)19(28)10-13)12-30-25(32)22-14-7-8-15(17-11-16(14)17)23(22)26(30)33/h2-10,14-17,22-23H,11-12H2,1H3/t14-,15-,16-,17-,22+,23+/m0/s1. The maximum Gasteiger partial charge on any atom is 0.259 e. The Morgan fingerprint density at radius 2 is 1.65 bits per heavy atom. The summed E-state index contributed by atoms with van der Waals surface area (Å²) in [6.45, 7) is -0.196. The average Bonchev–Trinajstić information content (AvgIpc) is 3.64. The van der Waals surface area contributed by atoms with Gasteiger partial charge in [0.2, 0.25) is 11.8 Å². The van der Waals surface area contributed by atoms with E-state index in [0.29, 0.717) is 33.9 Å². The highest BCUT2D eigenvalue weighted by molar-refractivity contribution is 6.42. The number of para-hydroxylation sites is 2. The number of rotatable bonds is 5. The Bertz CT molecular complexity index is 1230. The molecule has 1 saturated heterocycles. The van der Waals surface area contributed by atoms with E-state index in [1.807, 2.05) is 0 Å². The van der Waals surface area contributed by atoms with Crippen molar-refractivity contribution in [1.82, 2.24) is 4.90 Å². The number of nitrogens with zero attached hydrogens (tertiary/aromatic N) is 2. The molecule has 2 aromatic rings. The molecule has 2 aromatic carbocycles. The Hall–Kier alpha value is -2.83. The fraction of sp³-hybridized carbons (Fsp3) is 0.346. The maximum absolute atomic E-state index is 13.7. The van der Waals surface area contributed by atoms with Crippen LogP contribution in [0.15, 0.2) is 54.6 Å². The molecule has 5 aliphatic rings. The Labute approximate surface area is 207 Å². The van der Waals surface area contributed by atoms with E-state index in [1.54, 1.807) is 36.4 Å². The number of imide groups is 1. The van der Waals surface area contributed by atoms with Crippen LogP contribution in [0.4, 0.5) is 5.69 Å². The predicted molar refractivity (Wildman–Crippen MR) is 128 cm³/mol. The van der Waals surface area contributed by atoms with E-state index in [9.17, 15) is 14.4 Å². The first-order valence-electron chi connectivity index (χ1n) is 11.3. The van der Waals surface area contributed by atoms with E-state index in [4.69, 9.17) is 27.9 Å². The van der Waals surface area contributed by atoms with Crippen LogP contribution in [0, 0.1) is 35.5 Å². The Kier molecular flexibility index (Phi) is 5.01. The minimum atomic E-state index is -0.414. The highest BCUT2D eigenvalue weighted by Gasteiger charge is 2.67. The van der Waals surface area contributed by atoms with Crippen LogP contribution in [0.1, 0.15) is 16.8 Å². The first-order valence-corrected chi connectivity index (χ1v) is 12.1. The zero-order valence-corrected chi connectivity index (χ0v) is 19.9. The first-order chi connectivity index (χ1) is 16.4. The molecule has 3 fully saturated rings. The van der Waals surface area contributed by atoms with Crippen molar-refractivity contribution >= 4 is 46.6 Å². The molecule has 34 heavy (non-hydrogen) atoms. The van der Waals surface area contributed by atoms with Crippen LogP contribution in [-0.4, -0.2) is 36.4 Å². The Balaban J connectivity index is 1.37. The number of carbonyl (C=O) groups is 3. The van der Waals surface area contributed by atoms with Gasteiger partial charge in [0.15, 0.2) is 0 Å². The smallest absolute Gasteiger partial charge is 0.259 e. The van der Waals surface area contributed by atoms with Gasteiger partial charge in [0.1, 0.15) is 12.4 Å². The second kappa shape index (κ2) is 7.85. The van der Waals surface area contributed by atoms with E-state index in [-0.39, 0.29) is 47.2 Å². The third-order valence-corrected chi connectivity index (χ3v) is 8.56. The van der Waals surface area contributed by atoms with Crippen molar-refractivity contribution in [3.8, 4) is 5.75 Å². The molecule has 2 bridgehead atoms. The Morgan fingerprint density at radius 3 is 2.26 bits per heavy atom. The van der Waals surface area contributed by atoms with Gasteiger partial charge in [-0.15, -0.1) is 0 Å². The first kappa shape index (κ1) is 21.7. The topological polar surface area (TPSA) is 66.9 Å². The molecule has 3 amide bonds. The molecule has 6 nitrogen and oxygen atoms in total. The van der Waals surface area contributed by atoms with E-state index < -0.39 is 5.91 Å². The zero-order chi connectivity index (χ0) is 23.7. The molecule has 0 N–H and O–H groups in total. The average molecular weight is 497 g/mol. The van der Waals surface area contributed by atoms with Crippen molar-refractivity contribution in [2.45, 2.75) is 6.42 Å². The number of amides is 3. The number of hydrogen-bond acceptors (Lipinski definition) is 4. The van der Waals surface area contributed by atoms with Crippen molar-refractivity contribution < 1.29 is 19.1 Å². The number of hydrogen-bond donors (Lipinski definition) is 0. The van der Waals surface area contributed by atoms with Crippen LogP contribution in [0.3, 0.4) is 0 Å². The molecule has 0 radical (unpaired) electrons. The van der Waals surface area contributed by atoms with E-state index in [0.717, 1.165) is 6.42 Å². The fourth-order valence-corrected chi connectivity index (χ4v) is 6.49. The molecule has 0 aromatic heterocycles. The zero-order valence-electron chi connectivity index (χ0n) is 18.4. The molecule has 174 valence electrons. The number of halogens is 2. The van der Waals surface area contributed by atoms with E-state index >= 15 is 0 Å². The highest BCUT2D eigenvalue weighted by atomic mass is 35.5. The van der Waals surface area contributed by atoms with Crippen molar-refractivity contribution in [3.63, 3.8) is 0 Å². The lowest BCUT2D eigenvalue weighted by Gasteiger charge is -2.37. The summed E-state index contributed by atoms with van der Waals surface area (Å²) in [6, 6.07) is 11.6. The van der Waals surface area contributed by atoms with Gasteiger partial charge in [0, 0.05) is 5.56 Å². The van der Waals surface area contributed by atoms with Crippen LogP contribution in [-0.2, 0) is 9.59 Å². The molecular formula is C26H22Cl2N2O4. The molecular weight excluding hydrogens is 475 g/mol. The van der Waals surface area contributed by atoms with Gasteiger partial charge in [0.25, 0.3) is 5.91 Å². The number of ether oxygens (including phenoxy) is 1. The third kappa shape index (κ3) is 3.12. The van der Waals surface area contributed by atoms with Gasteiger partial charge in [-0.3, -0.25) is 24.2 Å². The van der Waals surface area contributed by atoms with Crippen LogP contribution in [0.2, 0.25) is 10.0 Å². The summed E-state index contributed by atoms with van der Waals surface area (Å²) in [5.41, 5.74) is 0.750. The van der Waals surface area contributed by atoms with Gasteiger partial charge in [-0.25, -0.2) is 0 Å². The molecule has 7 rings (SSSR count). The number of methoxy groups -OCH3 is 1. The quantitative estimate of drug-likeness (QED) is 0.445. The summed E-state index contributed by atoms with van der Waals surface area (Å²) in [4.78, 5) is 43.5. The second-order valence-corrected chi connectivity index (χ2v) is 10.2. The summed E-state index contributed by atoms with van der Waals surface area (Å²) in [5.74, 6) is 0.253. The molecule has 1 heterocycles. The molecule has 4 aliphatic carbocycles. The van der Waals surface area contributed by atoms with Crippen LogP contribution in [0.5, 0.6) is 5.75 Å². The highest BCUT2D eigenvalue weighted by Crippen LogP contribution is 2.65. The van der Waals surface area contributed by atoms with Crippen LogP contribution >= 0.6 is 23.2 Å². The van der Waals surface area contributed by atoms with E-state index in [2.05, 4.69) is 12.2 Å². The summed E-state index contributed by atoms with van der Waals surface area (Å²) in [6.07, 6.45) is 5.36. The number of carbonyl (C=O) groups excluding carboxylic acids is 3. The van der Waals surface area contributed by atoms with Crippen LogP contribution < -0.4 is 9.64 Å². The predicted octanol–water partition coefficient (Wildman–Crippen LogP) is 4.66. The summed E-state index contributed by atoms with van der Waals surface area (Å²) in [5, 5.41) is 0.575. The molecule has 6 atom stereocenters. The molecule has 1 aliphatic heterocycles. The number of anilines is 1. The van der Waals surface area contributed by atoms with Gasteiger partial charge in [-0.1, -0.05) is 47.5 Å². The molecule has 8 heteroatoms. The van der Waals surface area contributed by atoms with Gasteiger partial charge < -0.3 is 4.74 Å². The van der Waals surface area contributed by atoms with Crippen molar-refractivity contribution in [2.24, 2.45) is 35.5 Å². The SMILES string of the molecule is COc1ccccc1N(CN1C(=O)[C@@H]2[C@H]3C=C[C@@H]([C@@H]4C[C@@H]34)[C@H]2C1=O)C(=O)c1ccc(Cl)c(Cl)c1. The number of benzene rings is 2. The maximum atomic E-state index is 13.7. The van der Waals surface area contributed by atoms with Crippen molar-refractivity contribution in [2.75, 3.05) is 18.7 Å². The Morgan fingerprint density at radius 1 is 1.00 bits per heavy atom. The lowest BCUT2D eigenvalue weighted by Crippen LogP contribution is -2.45. The van der Waals surface area contributed by atoms with Gasteiger partial charge in [0.05, 0.1) is 34.7 Å². The number of allylic oxidation sites excluding steroid dienone is 2. The summed E-state index contributed by atoms with van der Waals surface area (Å²) < 4.78 is 5.49. The lowest BCUT2D eigenvalue weighted by atomic mass is 9.63. The largest absolute Gasteiger partial charge is 0.495 e.